The van der Waals surface area contributed by atoms with Gasteiger partial charge in [-0.3, -0.25) is 14.3 Å². The van der Waals surface area contributed by atoms with Gasteiger partial charge in [0.1, 0.15) is 11.6 Å². The SMILES string of the molecule is CCOc1ccccc1NC(=O)CN1CCC(c2nn(CCOC)c(=O)n2CC)CC1. The number of hydrogen-bond acceptors (Lipinski definition) is 6. The van der Waals surface area contributed by atoms with Gasteiger partial charge in [0.25, 0.3) is 0 Å². The largest absolute Gasteiger partial charge is 0.492 e. The molecule has 0 atom stereocenters. The van der Waals surface area contributed by atoms with Crippen LogP contribution in [0.3, 0.4) is 0 Å². The second-order valence-electron chi connectivity index (χ2n) is 7.63. The van der Waals surface area contributed by atoms with Crippen molar-refractivity contribution in [1.82, 2.24) is 19.2 Å². The number of nitrogens with zero attached hydrogens (tertiary/aromatic N) is 4. The first kappa shape index (κ1) is 23.0. The van der Waals surface area contributed by atoms with Crippen molar-refractivity contribution in [2.24, 2.45) is 0 Å². The van der Waals surface area contributed by atoms with E-state index in [9.17, 15) is 9.59 Å². The summed E-state index contributed by atoms with van der Waals surface area (Å²) < 4.78 is 13.9. The summed E-state index contributed by atoms with van der Waals surface area (Å²) in [5.41, 5.74) is 0.613. The molecule has 0 radical (unpaired) electrons. The number of rotatable bonds is 10. The fraction of sp³-hybridized carbons (Fsp3) is 0.591. The normalized spacial score (nSPS) is 15.2. The second kappa shape index (κ2) is 11.1. The highest BCUT2D eigenvalue weighted by molar-refractivity contribution is 5.93. The summed E-state index contributed by atoms with van der Waals surface area (Å²) >= 11 is 0. The third-order valence-corrected chi connectivity index (χ3v) is 5.56. The summed E-state index contributed by atoms with van der Waals surface area (Å²) in [5, 5.41) is 7.54. The minimum atomic E-state index is -0.0793. The minimum Gasteiger partial charge on any atom is -0.492 e. The van der Waals surface area contributed by atoms with Crippen LogP contribution in [0.4, 0.5) is 5.69 Å². The minimum absolute atomic E-state index is 0.0556. The molecule has 1 aromatic carbocycles. The van der Waals surface area contributed by atoms with E-state index in [1.165, 1.54) is 4.68 Å². The quantitative estimate of drug-likeness (QED) is 0.618. The third-order valence-electron chi connectivity index (χ3n) is 5.56. The smallest absolute Gasteiger partial charge is 0.345 e. The van der Waals surface area contributed by atoms with Crippen molar-refractivity contribution in [1.29, 1.82) is 0 Å². The number of carbonyl (C=O) groups is 1. The topological polar surface area (TPSA) is 90.6 Å². The predicted octanol–water partition coefficient (Wildman–Crippen LogP) is 1.93. The van der Waals surface area contributed by atoms with Gasteiger partial charge in [-0.05, 0) is 51.9 Å². The molecule has 1 amide bonds. The molecule has 9 heteroatoms. The Morgan fingerprint density at radius 2 is 1.97 bits per heavy atom. The maximum Gasteiger partial charge on any atom is 0.345 e. The molecule has 1 aliphatic heterocycles. The molecule has 0 saturated carbocycles. The summed E-state index contributed by atoms with van der Waals surface area (Å²) in [5.74, 6) is 1.69. The van der Waals surface area contributed by atoms with E-state index in [2.05, 4.69) is 15.3 Å². The predicted molar refractivity (Wildman–Crippen MR) is 119 cm³/mol. The first-order chi connectivity index (χ1) is 15.1. The third kappa shape index (κ3) is 5.74. The van der Waals surface area contributed by atoms with Crippen LogP contribution in [-0.4, -0.2) is 65.1 Å². The Labute approximate surface area is 182 Å². The maximum absolute atomic E-state index is 12.6. The van der Waals surface area contributed by atoms with Crippen LogP contribution in [0, 0.1) is 0 Å². The lowest BCUT2D eigenvalue weighted by atomic mass is 9.96. The first-order valence-corrected chi connectivity index (χ1v) is 11.0. The van der Waals surface area contributed by atoms with E-state index in [4.69, 9.17) is 9.47 Å². The molecule has 0 spiro atoms. The fourth-order valence-electron chi connectivity index (χ4n) is 3.97. The van der Waals surface area contributed by atoms with Gasteiger partial charge < -0.3 is 14.8 Å². The van der Waals surface area contributed by atoms with Crippen molar-refractivity contribution in [3.8, 4) is 5.75 Å². The molecule has 31 heavy (non-hydrogen) atoms. The van der Waals surface area contributed by atoms with E-state index >= 15 is 0 Å². The van der Waals surface area contributed by atoms with Crippen LogP contribution in [0.5, 0.6) is 5.75 Å². The van der Waals surface area contributed by atoms with Crippen molar-refractivity contribution in [2.75, 3.05) is 45.3 Å². The van der Waals surface area contributed by atoms with Crippen LogP contribution in [-0.2, 0) is 22.6 Å². The summed E-state index contributed by atoms with van der Waals surface area (Å²) in [7, 11) is 1.62. The lowest BCUT2D eigenvalue weighted by Crippen LogP contribution is -2.39. The van der Waals surface area contributed by atoms with Crippen molar-refractivity contribution in [3.05, 3.63) is 40.6 Å². The number of nitrogens with one attached hydrogen (secondary N) is 1. The number of aromatic nitrogens is 3. The maximum atomic E-state index is 12.6. The number of piperidine rings is 1. The zero-order valence-corrected chi connectivity index (χ0v) is 18.7. The number of hydrogen-bond donors (Lipinski definition) is 1. The Hall–Kier alpha value is -2.65. The number of likely N-dealkylation sites (tertiary alicyclic amines) is 1. The Morgan fingerprint density at radius 3 is 2.65 bits per heavy atom. The average molecular weight is 432 g/mol. The van der Waals surface area contributed by atoms with Gasteiger partial charge in [-0.1, -0.05) is 12.1 Å². The lowest BCUT2D eigenvalue weighted by molar-refractivity contribution is -0.117. The molecule has 1 saturated heterocycles. The number of benzene rings is 1. The van der Waals surface area contributed by atoms with Crippen molar-refractivity contribution in [2.45, 2.75) is 45.7 Å². The van der Waals surface area contributed by atoms with Gasteiger partial charge in [0.15, 0.2) is 0 Å². The fourth-order valence-corrected chi connectivity index (χ4v) is 3.97. The van der Waals surface area contributed by atoms with E-state index in [1.807, 2.05) is 38.1 Å². The zero-order valence-electron chi connectivity index (χ0n) is 18.7. The molecule has 170 valence electrons. The number of methoxy groups -OCH3 is 1. The van der Waals surface area contributed by atoms with Crippen LogP contribution in [0.1, 0.15) is 38.4 Å². The van der Waals surface area contributed by atoms with Crippen LogP contribution < -0.4 is 15.7 Å². The van der Waals surface area contributed by atoms with Crippen molar-refractivity contribution in [3.63, 3.8) is 0 Å². The van der Waals surface area contributed by atoms with Crippen LogP contribution in [0.25, 0.3) is 0 Å². The van der Waals surface area contributed by atoms with E-state index < -0.39 is 0 Å². The van der Waals surface area contributed by atoms with Crippen molar-refractivity contribution >= 4 is 11.6 Å². The molecule has 1 aromatic heterocycles. The standard InChI is InChI=1S/C22H33N5O4/c1-4-26-21(24-27(22(26)29)14-15-30-3)17-10-12-25(13-11-17)16-20(28)23-18-8-6-7-9-19(18)31-5-2/h6-9,17H,4-5,10-16H2,1-3H3,(H,23,28). The first-order valence-electron chi connectivity index (χ1n) is 11.0. The lowest BCUT2D eigenvalue weighted by Gasteiger charge is -2.31. The Balaban J connectivity index is 1.56. The second-order valence-corrected chi connectivity index (χ2v) is 7.63. The van der Waals surface area contributed by atoms with Gasteiger partial charge in [0.05, 0.1) is 32.0 Å². The van der Waals surface area contributed by atoms with E-state index in [0.29, 0.717) is 44.3 Å². The molecule has 0 unspecified atom stereocenters. The molecule has 9 nitrogen and oxygen atoms in total. The zero-order chi connectivity index (χ0) is 22.2. The van der Waals surface area contributed by atoms with E-state index in [1.54, 1.807) is 11.7 Å². The molecule has 1 fully saturated rings. The number of carbonyl (C=O) groups excluding carboxylic acids is 1. The molecular formula is C22H33N5O4. The van der Waals surface area contributed by atoms with E-state index in [-0.39, 0.29) is 17.5 Å². The average Bonchev–Trinajstić information content (AvgIpc) is 3.09. The summed E-state index contributed by atoms with van der Waals surface area (Å²) in [4.78, 5) is 27.3. The summed E-state index contributed by atoms with van der Waals surface area (Å²) in [6.45, 7) is 7.84. The Morgan fingerprint density at radius 1 is 1.23 bits per heavy atom. The van der Waals surface area contributed by atoms with Gasteiger partial charge in [0.2, 0.25) is 5.91 Å². The van der Waals surface area contributed by atoms with E-state index in [0.717, 1.165) is 31.8 Å². The van der Waals surface area contributed by atoms with Crippen LogP contribution in [0.2, 0.25) is 0 Å². The van der Waals surface area contributed by atoms with Gasteiger partial charge in [-0.2, -0.15) is 5.10 Å². The summed E-state index contributed by atoms with van der Waals surface area (Å²) in [6.07, 6.45) is 1.73. The number of para-hydroxylation sites is 2. The van der Waals surface area contributed by atoms with Crippen LogP contribution >= 0.6 is 0 Å². The molecule has 0 bridgehead atoms. The highest BCUT2D eigenvalue weighted by Gasteiger charge is 2.27. The number of anilines is 1. The van der Waals surface area contributed by atoms with Crippen molar-refractivity contribution < 1.29 is 14.3 Å². The van der Waals surface area contributed by atoms with Gasteiger partial charge in [0, 0.05) is 19.6 Å². The summed E-state index contributed by atoms with van der Waals surface area (Å²) in [6, 6.07) is 7.46. The van der Waals surface area contributed by atoms with Gasteiger partial charge in [-0.15, -0.1) is 0 Å². The monoisotopic (exact) mass is 431 g/mol. The van der Waals surface area contributed by atoms with Gasteiger partial charge >= 0.3 is 5.69 Å². The number of ether oxygens (including phenoxy) is 2. The number of amides is 1. The van der Waals surface area contributed by atoms with Crippen LogP contribution in [0.15, 0.2) is 29.1 Å². The highest BCUT2D eigenvalue weighted by atomic mass is 16.5. The molecule has 2 heterocycles. The molecule has 3 rings (SSSR count). The molecule has 0 aliphatic carbocycles. The highest BCUT2D eigenvalue weighted by Crippen LogP contribution is 2.27. The van der Waals surface area contributed by atoms with Gasteiger partial charge in [-0.25, -0.2) is 9.48 Å². The Bertz CT molecular complexity index is 915. The Kier molecular flexibility index (Phi) is 8.25. The molecule has 2 aromatic rings. The molecular weight excluding hydrogens is 398 g/mol. The molecule has 1 aliphatic rings. The molecule has 1 N–H and O–H groups in total.